The smallest absolute Gasteiger partial charge is 0.303 e. The molecule has 0 saturated heterocycles. The van der Waals surface area contributed by atoms with E-state index in [0.29, 0.717) is 5.92 Å². The van der Waals surface area contributed by atoms with E-state index in [1.165, 1.54) is 6.92 Å². The summed E-state index contributed by atoms with van der Waals surface area (Å²) in [5.41, 5.74) is 0.109. The first-order valence-electron chi connectivity index (χ1n) is 6.71. The normalized spacial score (nSPS) is 25.5. The number of hydrogen-bond donors (Lipinski definition) is 0. The van der Waals surface area contributed by atoms with Crippen molar-refractivity contribution in [1.82, 2.24) is 0 Å². The average Bonchev–Trinajstić information content (AvgIpc) is 2.59. The molecule has 0 spiro atoms. The summed E-state index contributed by atoms with van der Waals surface area (Å²) in [7, 11) is -1.08. The van der Waals surface area contributed by atoms with Crippen molar-refractivity contribution < 1.29 is 14.0 Å². The predicted octanol–water partition coefficient (Wildman–Crippen LogP) is 2.91. The highest BCUT2D eigenvalue weighted by Gasteiger charge is 2.36. The Morgan fingerprint density at radius 3 is 2.39 bits per heavy atom. The molecule has 4 heteroatoms. The summed E-state index contributed by atoms with van der Waals surface area (Å²) in [5.74, 6) is 0.140. The van der Waals surface area contributed by atoms with Crippen LogP contribution in [0.2, 0.25) is 13.1 Å². The summed E-state index contributed by atoms with van der Waals surface area (Å²) in [6, 6.07) is 0. The Labute approximate surface area is 112 Å². The first-order valence-corrected chi connectivity index (χ1v) is 9.49. The molecule has 18 heavy (non-hydrogen) atoms. The molecule has 1 unspecified atom stereocenters. The Morgan fingerprint density at radius 2 is 1.94 bits per heavy atom. The maximum atomic E-state index is 11.0. The van der Waals surface area contributed by atoms with Gasteiger partial charge in [0, 0.05) is 12.8 Å². The molecule has 1 aliphatic rings. The van der Waals surface area contributed by atoms with Crippen LogP contribution in [0.15, 0.2) is 12.2 Å². The lowest BCUT2D eigenvalue weighted by molar-refractivity contribution is -0.144. The highest BCUT2D eigenvalue weighted by atomic mass is 28.3. The maximum absolute atomic E-state index is 11.0. The fraction of sp³-hybridized carbons (Fsp3) is 0.786. The van der Waals surface area contributed by atoms with Gasteiger partial charge in [0.2, 0.25) is 0 Å². The van der Waals surface area contributed by atoms with Crippen LogP contribution in [0.5, 0.6) is 0 Å². The minimum absolute atomic E-state index is 0.0743. The van der Waals surface area contributed by atoms with Gasteiger partial charge < -0.3 is 9.16 Å². The topological polar surface area (TPSA) is 35.5 Å². The van der Waals surface area contributed by atoms with Gasteiger partial charge in [0.25, 0.3) is 0 Å². The van der Waals surface area contributed by atoms with Crippen LogP contribution in [0, 0.1) is 11.3 Å². The van der Waals surface area contributed by atoms with Gasteiger partial charge in [-0.25, -0.2) is 0 Å². The molecule has 0 aromatic rings. The summed E-state index contributed by atoms with van der Waals surface area (Å²) in [6.45, 7) is 12.5. The second kappa shape index (κ2) is 6.02. The van der Waals surface area contributed by atoms with Crippen LogP contribution >= 0.6 is 0 Å². The third-order valence-corrected chi connectivity index (χ3v) is 3.89. The van der Waals surface area contributed by atoms with Crippen molar-refractivity contribution >= 4 is 15.0 Å². The van der Waals surface area contributed by atoms with Gasteiger partial charge in [-0.15, -0.1) is 0 Å². The van der Waals surface area contributed by atoms with Gasteiger partial charge >= 0.3 is 5.97 Å². The predicted molar refractivity (Wildman–Crippen MR) is 76.0 cm³/mol. The summed E-state index contributed by atoms with van der Waals surface area (Å²) in [6.07, 6.45) is 5.13. The minimum atomic E-state index is -1.08. The van der Waals surface area contributed by atoms with Crippen LogP contribution in [0.25, 0.3) is 0 Å². The Kier molecular flexibility index (Phi) is 5.17. The molecule has 0 aromatic heterocycles. The largest absolute Gasteiger partial charge is 0.458 e. The van der Waals surface area contributed by atoms with Crippen molar-refractivity contribution in [2.24, 2.45) is 11.3 Å². The fourth-order valence-electron chi connectivity index (χ4n) is 2.46. The molecular weight excluding hydrogens is 244 g/mol. The third-order valence-electron chi connectivity index (χ3n) is 3.06. The number of hydrogen-bond acceptors (Lipinski definition) is 3. The van der Waals surface area contributed by atoms with E-state index in [-0.39, 0.29) is 23.6 Å². The van der Waals surface area contributed by atoms with E-state index in [0.717, 1.165) is 6.42 Å². The van der Waals surface area contributed by atoms with Gasteiger partial charge in [-0.2, -0.15) is 0 Å². The van der Waals surface area contributed by atoms with Crippen LogP contribution in [-0.2, 0) is 14.0 Å². The van der Waals surface area contributed by atoms with Crippen molar-refractivity contribution in [2.45, 2.75) is 59.4 Å². The summed E-state index contributed by atoms with van der Waals surface area (Å²) in [4.78, 5) is 11.0. The van der Waals surface area contributed by atoms with Crippen LogP contribution in [-0.4, -0.2) is 27.2 Å². The minimum Gasteiger partial charge on any atom is -0.458 e. The number of carbonyl (C=O) groups excluding carboxylic acids is 1. The average molecular weight is 270 g/mol. The second-order valence-corrected chi connectivity index (χ2v) is 8.77. The SMILES string of the molecule is CC(=O)O[C@H]1C=C[C@@H](C(O[SiH](C)C)C(C)(C)C)C1. The molecule has 3 nitrogen and oxygen atoms in total. The summed E-state index contributed by atoms with van der Waals surface area (Å²) < 4.78 is 11.4. The van der Waals surface area contributed by atoms with Crippen molar-refractivity contribution in [3.8, 4) is 0 Å². The van der Waals surface area contributed by atoms with E-state index < -0.39 is 9.04 Å². The number of esters is 1. The van der Waals surface area contributed by atoms with E-state index in [4.69, 9.17) is 9.16 Å². The van der Waals surface area contributed by atoms with Gasteiger partial charge in [-0.3, -0.25) is 4.79 Å². The van der Waals surface area contributed by atoms with Gasteiger partial charge in [0.1, 0.15) is 6.10 Å². The van der Waals surface area contributed by atoms with E-state index >= 15 is 0 Å². The molecular formula is C14H26O3Si. The zero-order chi connectivity index (χ0) is 13.9. The first-order chi connectivity index (χ1) is 8.20. The molecule has 0 bridgehead atoms. The number of ether oxygens (including phenoxy) is 1. The van der Waals surface area contributed by atoms with Gasteiger partial charge in [-0.05, 0) is 31.0 Å². The van der Waals surface area contributed by atoms with Crippen LogP contribution in [0.4, 0.5) is 0 Å². The highest BCUT2D eigenvalue weighted by Crippen LogP contribution is 2.35. The van der Waals surface area contributed by atoms with E-state index in [1.54, 1.807) is 0 Å². The van der Waals surface area contributed by atoms with Gasteiger partial charge in [0.05, 0.1) is 6.10 Å². The molecule has 0 fully saturated rings. The molecule has 104 valence electrons. The molecule has 1 rings (SSSR count). The molecule has 3 atom stereocenters. The molecule has 0 saturated carbocycles. The van der Waals surface area contributed by atoms with Crippen molar-refractivity contribution in [3.63, 3.8) is 0 Å². The monoisotopic (exact) mass is 270 g/mol. The maximum Gasteiger partial charge on any atom is 0.303 e. The van der Waals surface area contributed by atoms with Crippen molar-refractivity contribution in [2.75, 3.05) is 0 Å². The fourth-order valence-corrected chi connectivity index (χ4v) is 3.65. The first kappa shape index (κ1) is 15.4. The Bertz CT molecular complexity index is 317. The lowest BCUT2D eigenvalue weighted by atomic mass is 9.81. The summed E-state index contributed by atoms with van der Waals surface area (Å²) in [5, 5.41) is 0. The van der Waals surface area contributed by atoms with Gasteiger partial charge in [0.15, 0.2) is 9.04 Å². The number of carbonyl (C=O) groups is 1. The molecule has 0 aliphatic heterocycles. The molecule has 0 N–H and O–H groups in total. The van der Waals surface area contributed by atoms with E-state index in [1.807, 2.05) is 6.08 Å². The van der Waals surface area contributed by atoms with Crippen molar-refractivity contribution in [1.29, 1.82) is 0 Å². The summed E-state index contributed by atoms with van der Waals surface area (Å²) >= 11 is 0. The van der Waals surface area contributed by atoms with Crippen LogP contribution < -0.4 is 0 Å². The van der Waals surface area contributed by atoms with E-state index in [9.17, 15) is 4.79 Å². The zero-order valence-corrected chi connectivity index (χ0v) is 13.6. The lowest BCUT2D eigenvalue weighted by Gasteiger charge is -2.36. The molecule has 0 radical (unpaired) electrons. The highest BCUT2D eigenvalue weighted by molar-refractivity contribution is 6.48. The van der Waals surface area contributed by atoms with E-state index in [2.05, 4.69) is 39.9 Å². The van der Waals surface area contributed by atoms with Crippen LogP contribution in [0.3, 0.4) is 0 Å². The lowest BCUT2D eigenvalue weighted by Crippen LogP contribution is -2.38. The number of rotatable bonds is 4. The third kappa shape index (κ3) is 4.57. The molecule has 0 heterocycles. The second-order valence-electron chi connectivity index (χ2n) is 6.40. The zero-order valence-electron chi connectivity index (χ0n) is 12.4. The van der Waals surface area contributed by atoms with Gasteiger partial charge in [-0.1, -0.05) is 26.8 Å². The Morgan fingerprint density at radius 1 is 1.33 bits per heavy atom. The Hall–Kier alpha value is -0.613. The quantitative estimate of drug-likeness (QED) is 0.448. The molecule has 1 aliphatic carbocycles. The standard InChI is InChI=1S/C14H26O3Si/c1-10(15)16-12-8-7-11(9-12)13(14(2,3)4)17-18(5)6/h7-8,11-13,18H,9H2,1-6H3/t11-,12+,13?/m1/s1. The molecule has 0 amide bonds. The molecule has 0 aromatic carbocycles. The van der Waals surface area contributed by atoms with Crippen LogP contribution in [0.1, 0.15) is 34.1 Å². The van der Waals surface area contributed by atoms with Crippen molar-refractivity contribution in [3.05, 3.63) is 12.2 Å². The Balaban J connectivity index is 2.67.